The quantitative estimate of drug-likeness (QED) is 0.659. The smallest absolute Gasteiger partial charge is 0.125 e. The molecular formula is C11H14O2. The molecule has 1 heterocycles. The summed E-state index contributed by atoms with van der Waals surface area (Å²) in [4.78, 5) is 0. The van der Waals surface area contributed by atoms with Crippen LogP contribution in [0.5, 0.6) is 5.75 Å². The number of hydrogen-bond donors (Lipinski definition) is 1. The maximum Gasteiger partial charge on any atom is 0.125 e. The number of benzene rings is 1. The molecule has 1 aromatic carbocycles. The molecule has 0 bridgehead atoms. The molecule has 0 amide bonds. The Morgan fingerprint density at radius 3 is 2.85 bits per heavy atom. The minimum atomic E-state index is -0.419. The van der Waals surface area contributed by atoms with E-state index >= 15 is 0 Å². The van der Waals surface area contributed by atoms with Gasteiger partial charge in [-0.2, -0.15) is 0 Å². The van der Waals surface area contributed by atoms with Crippen LogP contribution in [-0.2, 0) is 0 Å². The van der Waals surface area contributed by atoms with Gasteiger partial charge in [-0.05, 0) is 6.07 Å². The molecule has 0 unspecified atom stereocenters. The molecule has 1 aliphatic rings. The van der Waals surface area contributed by atoms with E-state index in [9.17, 15) is 5.11 Å². The zero-order valence-electron chi connectivity index (χ0n) is 7.95. The van der Waals surface area contributed by atoms with E-state index < -0.39 is 6.10 Å². The second kappa shape index (κ2) is 2.74. The van der Waals surface area contributed by atoms with Gasteiger partial charge in [0.2, 0.25) is 0 Å². The van der Waals surface area contributed by atoms with E-state index in [4.69, 9.17) is 4.74 Å². The van der Waals surface area contributed by atoms with Crippen LogP contribution < -0.4 is 4.74 Å². The first-order valence-electron chi connectivity index (χ1n) is 4.51. The summed E-state index contributed by atoms with van der Waals surface area (Å²) in [5.41, 5.74) is 0.715. The second-order valence-corrected chi connectivity index (χ2v) is 4.22. The van der Waals surface area contributed by atoms with Crippen LogP contribution in [0, 0.1) is 5.41 Å². The monoisotopic (exact) mass is 178 g/mol. The average molecular weight is 178 g/mol. The van der Waals surface area contributed by atoms with Crippen LogP contribution in [0.25, 0.3) is 0 Å². The molecule has 1 aromatic rings. The van der Waals surface area contributed by atoms with Crippen molar-refractivity contribution >= 4 is 0 Å². The summed E-state index contributed by atoms with van der Waals surface area (Å²) in [5, 5.41) is 10.0. The summed E-state index contributed by atoms with van der Waals surface area (Å²) in [6.45, 7) is 4.59. The van der Waals surface area contributed by atoms with Crippen LogP contribution in [-0.4, -0.2) is 11.7 Å². The summed E-state index contributed by atoms with van der Waals surface area (Å²) in [6.07, 6.45) is -0.419. The summed E-state index contributed by atoms with van der Waals surface area (Å²) in [5.74, 6) is 0.814. The van der Waals surface area contributed by atoms with Gasteiger partial charge in [0.1, 0.15) is 5.75 Å². The van der Waals surface area contributed by atoms with Gasteiger partial charge >= 0.3 is 0 Å². The van der Waals surface area contributed by atoms with Crippen LogP contribution in [0.15, 0.2) is 24.3 Å². The van der Waals surface area contributed by atoms with Crippen LogP contribution in [0.3, 0.4) is 0 Å². The molecule has 0 saturated carbocycles. The highest BCUT2D eigenvalue weighted by molar-refractivity contribution is 5.37. The van der Waals surface area contributed by atoms with Gasteiger partial charge < -0.3 is 9.84 Å². The molecule has 0 radical (unpaired) electrons. The maximum absolute atomic E-state index is 10.0. The molecular weight excluding hydrogens is 164 g/mol. The first-order chi connectivity index (χ1) is 6.11. The normalized spacial score (nSPS) is 24.7. The molecule has 2 heteroatoms. The van der Waals surface area contributed by atoms with Crippen molar-refractivity contribution in [2.24, 2.45) is 5.41 Å². The Hall–Kier alpha value is -1.02. The predicted molar refractivity (Wildman–Crippen MR) is 50.7 cm³/mol. The maximum atomic E-state index is 10.0. The fourth-order valence-electron chi connectivity index (χ4n) is 1.60. The van der Waals surface area contributed by atoms with Crippen molar-refractivity contribution in [3.05, 3.63) is 29.8 Å². The average Bonchev–Trinajstić information content (AvgIpc) is 2.13. The van der Waals surface area contributed by atoms with E-state index in [1.165, 1.54) is 0 Å². The number of rotatable bonds is 0. The summed E-state index contributed by atoms with van der Waals surface area (Å²) < 4.78 is 5.55. The largest absolute Gasteiger partial charge is 0.493 e. The van der Waals surface area contributed by atoms with Gasteiger partial charge in [0.25, 0.3) is 0 Å². The Labute approximate surface area is 78.2 Å². The minimum absolute atomic E-state index is 0.186. The van der Waals surface area contributed by atoms with Crippen molar-refractivity contribution in [1.82, 2.24) is 0 Å². The third-order valence-corrected chi connectivity index (χ3v) is 2.55. The first kappa shape index (κ1) is 8.57. The summed E-state index contributed by atoms with van der Waals surface area (Å²) in [7, 11) is 0. The lowest BCUT2D eigenvalue weighted by atomic mass is 9.81. The van der Waals surface area contributed by atoms with Crippen molar-refractivity contribution < 1.29 is 9.84 Å². The summed E-state index contributed by atoms with van der Waals surface area (Å²) >= 11 is 0. The van der Waals surface area contributed by atoms with Crippen molar-refractivity contribution in [2.45, 2.75) is 20.0 Å². The fourth-order valence-corrected chi connectivity index (χ4v) is 1.60. The Balaban J connectivity index is 2.45. The van der Waals surface area contributed by atoms with Crippen molar-refractivity contribution in [2.75, 3.05) is 6.61 Å². The van der Waals surface area contributed by atoms with Gasteiger partial charge in [0, 0.05) is 11.0 Å². The van der Waals surface area contributed by atoms with E-state index in [0.29, 0.717) is 6.61 Å². The standard InChI is InChI=1S/C11H14O2/c1-11(2)7-13-9-6-4-3-5-8(9)10(11)12/h3-6,10,12H,7H2,1-2H3/t10-/m0/s1. The van der Waals surface area contributed by atoms with Crippen molar-refractivity contribution in [3.63, 3.8) is 0 Å². The van der Waals surface area contributed by atoms with Gasteiger partial charge in [-0.25, -0.2) is 0 Å². The molecule has 1 aliphatic heterocycles. The summed E-state index contributed by atoms with van der Waals surface area (Å²) in [6, 6.07) is 7.66. The van der Waals surface area contributed by atoms with E-state index in [1.807, 2.05) is 38.1 Å². The lowest BCUT2D eigenvalue weighted by Crippen LogP contribution is -2.33. The lowest BCUT2D eigenvalue weighted by Gasteiger charge is -2.36. The van der Waals surface area contributed by atoms with Crippen molar-refractivity contribution in [1.29, 1.82) is 0 Å². The predicted octanol–water partition coefficient (Wildman–Crippen LogP) is 2.14. The van der Waals surface area contributed by atoms with Gasteiger partial charge in [-0.1, -0.05) is 32.0 Å². The zero-order chi connectivity index (χ0) is 9.47. The highest BCUT2D eigenvalue weighted by atomic mass is 16.5. The molecule has 0 saturated heterocycles. The van der Waals surface area contributed by atoms with Gasteiger partial charge in [0.15, 0.2) is 0 Å². The molecule has 1 atom stereocenters. The number of fused-ring (bicyclic) bond motifs is 1. The molecule has 0 fully saturated rings. The molecule has 2 nitrogen and oxygen atoms in total. The Bertz CT molecular complexity index is 318. The fraction of sp³-hybridized carbons (Fsp3) is 0.455. The zero-order valence-corrected chi connectivity index (χ0v) is 7.95. The van der Waals surface area contributed by atoms with E-state index in [-0.39, 0.29) is 5.41 Å². The Morgan fingerprint density at radius 1 is 1.38 bits per heavy atom. The third-order valence-electron chi connectivity index (χ3n) is 2.55. The highest BCUT2D eigenvalue weighted by Gasteiger charge is 2.35. The lowest BCUT2D eigenvalue weighted by molar-refractivity contribution is -0.00718. The molecule has 13 heavy (non-hydrogen) atoms. The van der Waals surface area contributed by atoms with E-state index in [0.717, 1.165) is 11.3 Å². The SMILES string of the molecule is CC1(C)COc2ccccc2[C@@H]1O. The van der Waals surface area contributed by atoms with Crippen molar-refractivity contribution in [3.8, 4) is 5.75 Å². The third kappa shape index (κ3) is 1.31. The molecule has 0 aliphatic carbocycles. The number of aliphatic hydroxyl groups excluding tert-OH is 1. The Kier molecular flexibility index (Phi) is 1.81. The molecule has 0 aromatic heterocycles. The number of hydrogen-bond acceptors (Lipinski definition) is 2. The first-order valence-corrected chi connectivity index (χ1v) is 4.51. The van der Waals surface area contributed by atoms with Crippen LogP contribution >= 0.6 is 0 Å². The number of ether oxygens (including phenoxy) is 1. The van der Waals surface area contributed by atoms with Crippen LogP contribution in [0.1, 0.15) is 25.5 Å². The number of aliphatic hydroxyl groups is 1. The molecule has 0 spiro atoms. The van der Waals surface area contributed by atoms with Crippen LogP contribution in [0.4, 0.5) is 0 Å². The topological polar surface area (TPSA) is 29.5 Å². The minimum Gasteiger partial charge on any atom is -0.493 e. The van der Waals surface area contributed by atoms with E-state index in [1.54, 1.807) is 0 Å². The van der Waals surface area contributed by atoms with Gasteiger partial charge in [0.05, 0.1) is 12.7 Å². The van der Waals surface area contributed by atoms with E-state index in [2.05, 4.69) is 0 Å². The Morgan fingerprint density at radius 2 is 2.08 bits per heavy atom. The second-order valence-electron chi connectivity index (χ2n) is 4.22. The molecule has 2 rings (SSSR count). The van der Waals surface area contributed by atoms with Gasteiger partial charge in [-0.3, -0.25) is 0 Å². The van der Waals surface area contributed by atoms with Gasteiger partial charge in [-0.15, -0.1) is 0 Å². The molecule has 1 N–H and O–H groups in total. The number of para-hydroxylation sites is 1. The van der Waals surface area contributed by atoms with Crippen LogP contribution in [0.2, 0.25) is 0 Å². The molecule has 70 valence electrons. The highest BCUT2D eigenvalue weighted by Crippen LogP contribution is 2.42.